The van der Waals surface area contributed by atoms with Gasteiger partial charge in [-0.2, -0.15) is 0 Å². The van der Waals surface area contributed by atoms with Crippen LogP contribution in [0.2, 0.25) is 0 Å². The highest BCUT2D eigenvalue weighted by molar-refractivity contribution is 5.66. The van der Waals surface area contributed by atoms with E-state index >= 15 is 0 Å². The number of hydrogen-bond donors (Lipinski definition) is 3. The van der Waals surface area contributed by atoms with E-state index in [-0.39, 0.29) is 0 Å². The van der Waals surface area contributed by atoms with Gasteiger partial charge >= 0.3 is 6.09 Å². The Morgan fingerprint density at radius 3 is 3.15 bits per heavy atom. The third-order valence-electron chi connectivity index (χ3n) is 1.95. The molecule has 0 aromatic heterocycles. The lowest BCUT2D eigenvalue weighted by atomic mass is 10.1. The molecule has 0 aromatic carbocycles. The average molecular weight is 187 g/mol. The van der Waals surface area contributed by atoms with Crippen molar-refractivity contribution in [1.29, 1.82) is 0 Å². The Morgan fingerprint density at radius 2 is 2.54 bits per heavy atom. The number of carbonyl (C=O) groups excluding carboxylic acids is 1. The van der Waals surface area contributed by atoms with Gasteiger partial charge in [-0.05, 0) is 26.3 Å². The van der Waals surface area contributed by atoms with E-state index in [0.717, 1.165) is 25.9 Å². The van der Waals surface area contributed by atoms with Gasteiger partial charge in [-0.25, -0.2) is 10.2 Å². The summed E-state index contributed by atoms with van der Waals surface area (Å²) < 4.78 is 4.70. The predicted octanol–water partition coefficient (Wildman–Crippen LogP) is -0.0109. The summed E-state index contributed by atoms with van der Waals surface area (Å²) in [5.41, 5.74) is 5.42. The highest BCUT2D eigenvalue weighted by Gasteiger charge is 2.12. The third-order valence-corrected chi connectivity index (χ3v) is 1.95. The van der Waals surface area contributed by atoms with Crippen LogP contribution in [-0.4, -0.2) is 31.8 Å². The zero-order valence-corrected chi connectivity index (χ0v) is 7.93. The van der Waals surface area contributed by atoms with Crippen LogP contribution in [0.4, 0.5) is 4.79 Å². The van der Waals surface area contributed by atoms with Crippen LogP contribution in [0, 0.1) is 0 Å². The quantitative estimate of drug-likeness (QED) is 0.544. The van der Waals surface area contributed by atoms with Crippen LogP contribution in [0.3, 0.4) is 0 Å². The fraction of sp³-hybridized carbons (Fsp3) is 0.875. The smallest absolute Gasteiger partial charge is 0.421 e. The number of piperidine rings is 1. The molecule has 13 heavy (non-hydrogen) atoms. The molecule has 3 N–H and O–H groups in total. The number of hydrogen-bond acceptors (Lipinski definition) is 4. The molecular formula is C8H17N3O2. The molecule has 0 aliphatic carbocycles. The van der Waals surface area contributed by atoms with Crippen LogP contribution in [0.25, 0.3) is 0 Å². The second kappa shape index (κ2) is 5.77. The van der Waals surface area contributed by atoms with Crippen LogP contribution in [0.1, 0.15) is 19.8 Å². The Hall–Kier alpha value is -0.810. The van der Waals surface area contributed by atoms with E-state index in [2.05, 4.69) is 16.2 Å². The van der Waals surface area contributed by atoms with Crippen LogP contribution in [0.5, 0.6) is 0 Å². The molecule has 0 bridgehead atoms. The van der Waals surface area contributed by atoms with Crippen molar-refractivity contribution in [1.82, 2.24) is 16.2 Å². The average Bonchev–Trinajstić information content (AvgIpc) is 2.17. The van der Waals surface area contributed by atoms with Gasteiger partial charge in [0.2, 0.25) is 0 Å². The van der Waals surface area contributed by atoms with Crippen molar-refractivity contribution in [2.45, 2.75) is 25.8 Å². The molecule has 76 valence electrons. The summed E-state index contributed by atoms with van der Waals surface area (Å²) in [5, 5.41) is 3.24. The maximum atomic E-state index is 10.9. The number of ether oxygens (including phenoxy) is 1. The second-order valence-corrected chi connectivity index (χ2v) is 3.03. The van der Waals surface area contributed by atoms with Gasteiger partial charge < -0.3 is 10.1 Å². The van der Waals surface area contributed by atoms with Crippen molar-refractivity contribution < 1.29 is 9.53 Å². The first-order valence-electron chi connectivity index (χ1n) is 4.72. The largest absolute Gasteiger partial charge is 0.449 e. The van der Waals surface area contributed by atoms with Gasteiger partial charge in [-0.15, -0.1) is 0 Å². The molecule has 0 saturated carbocycles. The lowest BCUT2D eigenvalue weighted by Crippen LogP contribution is -2.51. The molecule has 5 heteroatoms. The molecule has 0 spiro atoms. The molecule has 1 fully saturated rings. The number of rotatable bonds is 3. The summed E-state index contributed by atoms with van der Waals surface area (Å²) in [5.74, 6) is 0. The van der Waals surface area contributed by atoms with Gasteiger partial charge in [-0.1, -0.05) is 0 Å². The summed E-state index contributed by atoms with van der Waals surface area (Å²) in [6.07, 6.45) is 1.81. The minimum absolute atomic E-state index is 0.318. The number of hydrazine groups is 1. The zero-order chi connectivity index (χ0) is 9.52. The van der Waals surface area contributed by atoms with Crippen molar-refractivity contribution in [2.24, 2.45) is 0 Å². The Labute approximate surface area is 78.2 Å². The van der Waals surface area contributed by atoms with Crippen LogP contribution in [0.15, 0.2) is 0 Å². The topological polar surface area (TPSA) is 62.4 Å². The van der Waals surface area contributed by atoms with E-state index in [0.29, 0.717) is 12.6 Å². The molecule has 1 heterocycles. The summed E-state index contributed by atoms with van der Waals surface area (Å²) in [4.78, 5) is 10.9. The first-order valence-corrected chi connectivity index (χ1v) is 4.72. The first kappa shape index (κ1) is 10.3. The van der Waals surface area contributed by atoms with Gasteiger partial charge in [0.15, 0.2) is 0 Å². The van der Waals surface area contributed by atoms with Gasteiger partial charge in [0.25, 0.3) is 0 Å². The van der Waals surface area contributed by atoms with Gasteiger partial charge in [0.1, 0.15) is 0 Å². The van der Waals surface area contributed by atoms with Gasteiger partial charge in [0.05, 0.1) is 6.61 Å². The Bertz CT molecular complexity index is 157. The van der Waals surface area contributed by atoms with E-state index in [1.54, 1.807) is 6.92 Å². The van der Waals surface area contributed by atoms with Crippen molar-refractivity contribution in [3.63, 3.8) is 0 Å². The normalized spacial score (nSPS) is 22.4. The Morgan fingerprint density at radius 1 is 1.69 bits per heavy atom. The summed E-state index contributed by atoms with van der Waals surface area (Å²) in [7, 11) is 0. The second-order valence-electron chi connectivity index (χ2n) is 3.03. The number of nitrogens with one attached hydrogen (secondary N) is 3. The number of carbonyl (C=O) groups is 1. The summed E-state index contributed by atoms with van der Waals surface area (Å²) in [6, 6.07) is 0.318. The molecule has 1 saturated heterocycles. The lowest BCUT2D eigenvalue weighted by molar-refractivity contribution is 0.143. The van der Waals surface area contributed by atoms with Crippen molar-refractivity contribution in [3.05, 3.63) is 0 Å². The molecule has 0 aromatic rings. The maximum absolute atomic E-state index is 10.9. The van der Waals surface area contributed by atoms with Crippen molar-refractivity contribution >= 4 is 6.09 Å². The highest BCUT2D eigenvalue weighted by Crippen LogP contribution is 1.99. The van der Waals surface area contributed by atoms with E-state index in [9.17, 15) is 4.79 Å². The minimum atomic E-state index is -0.409. The van der Waals surface area contributed by atoms with Crippen LogP contribution < -0.4 is 16.2 Å². The molecular weight excluding hydrogens is 170 g/mol. The maximum Gasteiger partial charge on any atom is 0.421 e. The summed E-state index contributed by atoms with van der Waals surface area (Å²) >= 11 is 0. The SMILES string of the molecule is CCOC(=O)NNC1CCCNC1. The molecule has 0 radical (unpaired) electrons. The highest BCUT2D eigenvalue weighted by atomic mass is 16.5. The fourth-order valence-electron chi connectivity index (χ4n) is 1.30. The number of amides is 1. The first-order chi connectivity index (χ1) is 6.33. The molecule has 1 aliphatic heterocycles. The van der Waals surface area contributed by atoms with E-state index in [1.807, 2.05) is 0 Å². The van der Waals surface area contributed by atoms with Crippen molar-refractivity contribution in [3.8, 4) is 0 Å². The van der Waals surface area contributed by atoms with E-state index < -0.39 is 6.09 Å². The summed E-state index contributed by atoms with van der Waals surface area (Å²) in [6.45, 7) is 4.14. The van der Waals surface area contributed by atoms with Gasteiger partial charge in [0, 0.05) is 12.6 Å². The standard InChI is InChI=1S/C8H17N3O2/c1-2-13-8(12)11-10-7-4-3-5-9-6-7/h7,9-10H,2-6H2,1H3,(H,11,12). The monoisotopic (exact) mass is 187 g/mol. The molecule has 1 rings (SSSR count). The molecule has 5 nitrogen and oxygen atoms in total. The zero-order valence-electron chi connectivity index (χ0n) is 7.93. The van der Waals surface area contributed by atoms with Crippen LogP contribution >= 0.6 is 0 Å². The molecule has 1 unspecified atom stereocenters. The lowest BCUT2D eigenvalue weighted by Gasteiger charge is -2.23. The molecule has 1 amide bonds. The Kier molecular flexibility index (Phi) is 4.56. The van der Waals surface area contributed by atoms with E-state index in [4.69, 9.17) is 4.74 Å². The van der Waals surface area contributed by atoms with E-state index in [1.165, 1.54) is 0 Å². The Balaban J connectivity index is 2.06. The van der Waals surface area contributed by atoms with Crippen molar-refractivity contribution in [2.75, 3.05) is 19.7 Å². The van der Waals surface area contributed by atoms with Gasteiger partial charge in [-0.3, -0.25) is 5.43 Å². The molecule has 1 aliphatic rings. The van der Waals surface area contributed by atoms with Crippen LogP contribution in [-0.2, 0) is 4.74 Å². The third kappa shape index (κ3) is 4.10. The fourth-order valence-corrected chi connectivity index (χ4v) is 1.30. The predicted molar refractivity (Wildman–Crippen MR) is 49.2 cm³/mol. The minimum Gasteiger partial charge on any atom is -0.449 e. The molecule has 1 atom stereocenters.